The van der Waals surface area contributed by atoms with Crippen LogP contribution in [0.4, 0.5) is 13.2 Å². The van der Waals surface area contributed by atoms with E-state index in [1.165, 1.54) is 37.3 Å². The van der Waals surface area contributed by atoms with Crippen LogP contribution in [0.25, 0.3) is 0 Å². The number of ketones is 1. The van der Waals surface area contributed by atoms with Gasteiger partial charge >= 0.3 is 6.18 Å². The number of halogens is 3. The molecule has 1 unspecified atom stereocenters. The van der Waals surface area contributed by atoms with Gasteiger partial charge in [-0.25, -0.2) is 0 Å². The molecule has 1 aliphatic heterocycles. The topological polar surface area (TPSA) is 29.1 Å². The first kappa shape index (κ1) is 16.8. The molecule has 0 radical (unpaired) electrons. The van der Waals surface area contributed by atoms with E-state index in [9.17, 15) is 18.0 Å². The fourth-order valence-corrected chi connectivity index (χ4v) is 2.29. The van der Waals surface area contributed by atoms with Gasteiger partial charge in [0, 0.05) is 18.7 Å². The molecule has 1 saturated heterocycles. The van der Waals surface area contributed by atoms with E-state index in [1.807, 2.05) is 0 Å². The molecular weight excluding hydrogens is 251 g/mol. The summed E-state index contributed by atoms with van der Waals surface area (Å²) in [6, 6.07) is 0.830. The lowest BCUT2D eigenvalue weighted by molar-refractivity contribution is -0.168. The van der Waals surface area contributed by atoms with Crippen molar-refractivity contribution in [3.63, 3.8) is 0 Å². The summed E-state index contributed by atoms with van der Waals surface area (Å²) < 4.78 is 32.5. The Morgan fingerprint density at radius 1 is 1.47 bits per heavy atom. The largest absolute Gasteiger partial charge is 0.449 e. The van der Waals surface area contributed by atoms with Gasteiger partial charge in [-0.1, -0.05) is 6.92 Å². The highest BCUT2D eigenvalue weighted by Crippen LogP contribution is 2.14. The second-order valence-electron chi connectivity index (χ2n) is 3.92. The number of thioether (sulfide) groups is 1. The number of carbonyl (C=O) groups is 1. The molecule has 2 nitrogen and oxygen atoms in total. The molecule has 6 heteroatoms. The Morgan fingerprint density at radius 2 is 2.06 bits per heavy atom. The van der Waals surface area contributed by atoms with E-state index in [4.69, 9.17) is 0 Å². The molecule has 1 fully saturated rings. The smallest absolute Gasteiger partial charge is 0.313 e. The van der Waals surface area contributed by atoms with Gasteiger partial charge in [0.05, 0.1) is 0 Å². The normalized spacial score (nSPS) is 19.7. The Labute approximate surface area is 105 Å². The number of hydrogen-bond donors (Lipinski definition) is 1. The lowest BCUT2D eigenvalue weighted by Crippen LogP contribution is -2.23. The zero-order valence-corrected chi connectivity index (χ0v) is 11.1. The summed E-state index contributed by atoms with van der Waals surface area (Å²) in [6.45, 7) is 3.98. The van der Waals surface area contributed by atoms with Gasteiger partial charge in [0.2, 0.25) is 5.78 Å². The zero-order valence-electron chi connectivity index (χ0n) is 10.3. The van der Waals surface area contributed by atoms with Crippen LogP contribution >= 0.6 is 11.8 Å². The molecule has 0 aromatic heterocycles. The van der Waals surface area contributed by atoms with E-state index < -0.39 is 12.0 Å². The average Bonchev–Trinajstić information content (AvgIpc) is 2.70. The lowest BCUT2D eigenvalue weighted by Gasteiger charge is -2.07. The molecule has 0 aromatic carbocycles. The Bertz CT molecular complexity index is 215. The Balaban J connectivity index is 0.000000325. The molecule has 0 bridgehead atoms. The van der Waals surface area contributed by atoms with Crippen molar-refractivity contribution in [1.29, 1.82) is 0 Å². The minimum atomic E-state index is -4.64. The SMILES string of the molecule is CC(=O)C(F)(F)F.CCCSCC1CCCN1. The van der Waals surface area contributed by atoms with E-state index in [1.54, 1.807) is 0 Å². The van der Waals surface area contributed by atoms with Crippen molar-refractivity contribution < 1.29 is 18.0 Å². The summed E-state index contributed by atoms with van der Waals surface area (Å²) >= 11 is 2.09. The second-order valence-corrected chi connectivity index (χ2v) is 5.07. The van der Waals surface area contributed by atoms with E-state index >= 15 is 0 Å². The Morgan fingerprint density at radius 3 is 2.41 bits per heavy atom. The van der Waals surface area contributed by atoms with Gasteiger partial charge in [-0.05, 0) is 31.6 Å². The van der Waals surface area contributed by atoms with Crippen molar-refractivity contribution in [3.05, 3.63) is 0 Å². The highest BCUT2D eigenvalue weighted by molar-refractivity contribution is 7.99. The zero-order chi connectivity index (χ0) is 13.3. The Hall–Kier alpha value is -0.230. The van der Waals surface area contributed by atoms with Crippen LogP contribution in [0.1, 0.15) is 33.1 Å². The van der Waals surface area contributed by atoms with Crippen LogP contribution in [-0.4, -0.2) is 36.1 Å². The minimum Gasteiger partial charge on any atom is -0.313 e. The maximum absolute atomic E-state index is 10.8. The molecule has 0 aliphatic carbocycles. The summed E-state index contributed by atoms with van der Waals surface area (Å²) in [5, 5.41) is 3.49. The third-order valence-electron chi connectivity index (χ3n) is 2.23. The quantitative estimate of drug-likeness (QED) is 0.797. The summed E-state index contributed by atoms with van der Waals surface area (Å²) in [6.07, 6.45) is -0.536. The summed E-state index contributed by atoms with van der Waals surface area (Å²) in [5.41, 5.74) is 0. The standard InChI is InChI=1S/C8H17NS.C3H3F3O/c1-2-6-10-7-8-4-3-5-9-8;1-2(7)3(4,5)6/h8-9H,2-7H2,1H3;1H3. The number of rotatable bonds is 4. The van der Waals surface area contributed by atoms with Crippen LogP contribution in [0, 0.1) is 0 Å². The average molecular weight is 271 g/mol. The van der Waals surface area contributed by atoms with Gasteiger partial charge < -0.3 is 5.32 Å². The number of carbonyl (C=O) groups excluding carboxylic acids is 1. The molecule has 0 aromatic rings. The first-order valence-corrected chi connectivity index (χ1v) is 6.92. The summed E-state index contributed by atoms with van der Waals surface area (Å²) in [5.74, 6) is 0.902. The van der Waals surface area contributed by atoms with E-state index in [-0.39, 0.29) is 0 Å². The van der Waals surface area contributed by atoms with Crippen molar-refractivity contribution >= 4 is 17.5 Å². The first-order valence-electron chi connectivity index (χ1n) is 5.76. The van der Waals surface area contributed by atoms with Gasteiger partial charge in [0.25, 0.3) is 0 Å². The predicted molar refractivity (Wildman–Crippen MR) is 65.4 cm³/mol. The maximum atomic E-state index is 10.8. The van der Waals surface area contributed by atoms with Crippen LogP contribution in [0.3, 0.4) is 0 Å². The third-order valence-corrected chi connectivity index (χ3v) is 3.56. The molecule has 1 aliphatic rings. The van der Waals surface area contributed by atoms with Gasteiger partial charge in [-0.15, -0.1) is 0 Å². The number of alkyl halides is 3. The minimum absolute atomic E-state index is 0.486. The molecule has 1 heterocycles. The molecule has 1 N–H and O–H groups in total. The highest BCUT2D eigenvalue weighted by Gasteiger charge is 2.33. The number of nitrogens with one attached hydrogen (secondary N) is 1. The van der Waals surface area contributed by atoms with Crippen LogP contribution in [0.2, 0.25) is 0 Å². The van der Waals surface area contributed by atoms with Crippen molar-refractivity contribution in [1.82, 2.24) is 5.32 Å². The molecular formula is C11H20F3NOS. The summed E-state index contributed by atoms with van der Waals surface area (Å²) in [7, 11) is 0. The lowest BCUT2D eigenvalue weighted by atomic mass is 10.3. The van der Waals surface area contributed by atoms with Crippen LogP contribution < -0.4 is 5.32 Å². The van der Waals surface area contributed by atoms with Gasteiger partial charge in [-0.3, -0.25) is 4.79 Å². The van der Waals surface area contributed by atoms with Crippen molar-refractivity contribution in [3.8, 4) is 0 Å². The number of hydrogen-bond acceptors (Lipinski definition) is 3. The molecule has 102 valence electrons. The van der Waals surface area contributed by atoms with Crippen molar-refractivity contribution in [2.75, 3.05) is 18.1 Å². The van der Waals surface area contributed by atoms with E-state index in [2.05, 4.69) is 24.0 Å². The fourth-order valence-electron chi connectivity index (χ4n) is 1.27. The monoisotopic (exact) mass is 271 g/mol. The van der Waals surface area contributed by atoms with Gasteiger partial charge in [0.15, 0.2) is 0 Å². The maximum Gasteiger partial charge on any atom is 0.449 e. The third kappa shape index (κ3) is 9.47. The molecule has 0 saturated carbocycles. The van der Waals surface area contributed by atoms with Crippen LogP contribution in [0.15, 0.2) is 0 Å². The van der Waals surface area contributed by atoms with E-state index in [0.717, 1.165) is 6.04 Å². The van der Waals surface area contributed by atoms with Crippen LogP contribution in [0.5, 0.6) is 0 Å². The number of Topliss-reactive ketones (excluding diaryl/α,β-unsaturated/α-hetero) is 1. The second kappa shape index (κ2) is 8.80. The molecule has 0 amide bonds. The Kier molecular flexibility index (Phi) is 8.68. The van der Waals surface area contributed by atoms with Crippen molar-refractivity contribution in [2.45, 2.75) is 45.3 Å². The highest BCUT2D eigenvalue weighted by atomic mass is 32.2. The summed E-state index contributed by atoms with van der Waals surface area (Å²) in [4.78, 5) is 9.34. The van der Waals surface area contributed by atoms with Crippen molar-refractivity contribution in [2.24, 2.45) is 0 Å². The predicted octanol–water partition coefficient (Wildman–Crippen LogP) is 3.02. The molecule has 17 heavy (non-hydrogen) atoms. The van der Waals surface area contributed by atoms with Crippen LogP contribution in [-0.2, 0) is 4.79 Å². The van der Waals surface area contributed by atoms with Gasteiger partial charge in [-0.2, -0.15) is 24.9 Å². The van der Waals surface area contributed by atoms with E-state index in [0.29, 0.717) is 6.92 Å². The molecule has 0 spiro atoms. The molecule has 1 rings (SSSR count). The first-order chi connectivity index (χ1) is 7.88. The molecule has 1 atom stereocenters. The van der Waals surface area contributed by atoms with Gasteiger partial charge in [0.1, 0.15) is 0 Å². The fraction of sp³-hybridized carbons (Fsp3) is 0.909.